The number of rotatable bonds is 2. The van der Waals surface area contributed by atoms with Crippen molar-refractivity contribution in [1.82, 2.24) is 4.98 Å². The van der Waals surface area contributed by atoms with Crippen molar-refractivity contribution in [3.05, 3.63) is 36.5 Å². The minimum Gasteiger partial charge on any atom is -0.412 e. The molecule has 0 bridgehead atoms. The van der Waals surface area contributed by atoms with E-state index < -0.39 is 9.84 Å². The molecule has 0 unspecified atom stereocenters. The zero-order valence-corrected chi connectivity index (χ0v) is 8.44. The van der Waals surface area contributed by atoms with Crippen molar-refractivity contribution in [2.45, 2.75) is 10.1 Å². The average Bonchev–Trinajstić information content (AvgIpc) is 2.67. The molecule has 0 atom stereocenters. The molecule has 0 aliphatic rings. The highest BCUT2D eigenvalue weighted by Crippen LogP contribution is 2.20. The molecule has 0 saturated carbocycles. The van der Waals surface area contributed by atoms with Gasteiger partial charge >= 0.3 is 5.22 Å². The number of hydrogen-bond acceptors (Lipinski definition) is 5. The van der Waals surface area contributed by atoms with Gasteiger partial charge in [-0.3, -0.25) is 0 Å². The quantitative estimate of drug-likeness (QED) is 0.825. The van der Waals surface area contributed by atoms with Gasteiger partial charge in [0.2, 0.25) is 5.88 Å². The molecule has 2 aromatic rings. The molecule has 0 saturated heterocycles. The van der Waals surface area contributed by atoms with Gasteiger partial charge in [0.1, 0.15) is 0 Å². The first-order valence-corrected chi connectivity index (χ1v) is 5.60. The second kappa shape index (κ2) is 3.39. The Morgan fingerprint density at radius 3 is 2.40 bits per heavy atom. The van der Waals surface area contributed by atoms with Crippen molar-refractivity contribution in [3.8, 4) is 0 Å². The van der Waals surface area contributed by atoms with Crippen molar-refractivity contribution >= 4 is 15.7 Å². The number of sulfone groups is 1. The predicted molar refractivity (Wildman–Crippen MR) is 52.8 cm³/mol. The van der Waals surface area contributed by atoms with E-state index in [2.05, 4.69) is 4.98 Å². The van der Waals surface area contributed by atoms with E-state index in [1.54, 1.807) is 18.2 Å². The Morgan fingerprint density at radius 2 is 1.87 bits per heavy atom. The summed E-state index contributed by atoms with van der Waals surface area (Å²) in [6, 6.07) is 7.91. The predicted octanol–water partition coefficient (Wildman–Crippen LogP) is 1.09. The van der Waals surface area contributed by atoms with Crippen LogP contribution in [0.5, 0.6) is 0 Å². The van der Waals surface area contributed by atoms with Gasteiger partial charge in [-0.25, -0.2) is 13.4 Å². The molecule has 0 fully saturated rings. The van der Waals surface area contributed by atoms with Gasteiger partial charge < -0.3 is 10.2 Å². The molecule has 78 valence electrons. The maximum atomic E-state index is 11.8. The third kappa shape index (κ3) is 1.71. The molecule has 1 heterocycles. The lowest BCUT2D eigenvalue weighted by Gasteiger charge is -1.98. The summed E-state index contributed by atoms with van der Waals surface area (Å²) < 4.78 is 28.5. The van der Waals surface area contributed by atoms with E-state index in [-0.39, 0.29) is 16.0 Å². The lowest BCUT2D eigenvalue weighted by molar-refractivity contribution is 0.443. The van der Waals surface area contributed by atoms with Gasteiger partial charge in [-0.15, -0.1) is 0 Å². The van der Waals surface area contributed by atoms with Crippen LogP contribution in [0.4, 0.5) is 5.88 Å². The number of anilines is 1. The van der Waals surface area contributed by atoms with E-state index >= 15 is 0 Å². The van der Waals surface area contributed by atoms with Gasteiger partial charge in [0, 0.05) is 0 Å². The summed E-state index contributed by atoms with van der Waals surface area (Å²) in [5, 5.41) is -0.383. The van der Waals surface area contributed by atoms with E-state index in [1.165, 1.54) is 12.1 Å². The first kappa shape index (κ1) is 9.72. The highest BCUT2D eigenvalue weighted by Gasteiger charge is 2.22. The van der Waals surface area contributed by atoms with Crippen LogP contribution in [0.1, 0.15) is 0 Å². The number of benzene rings is 1. The lowest BCUT2D eigenvalue weighted by Crippen LogP contribution is -2.01. The number of nitrogen functional groups attached to an aromatic ring is 1. The maximum absolute atomic E-state index is 11.8. The van der Waals surface area contributed by atoms with Gasteiger partial charge in [0.15, 0.2) is 0 Å². The minimum absolute atomic E-state index is 0.0236. The fourth-order valence-electron chi connectivity index (χ4n) is 1.09. The number of nitrogens with zero attached hydrogens (tertiary/aromatic N) is 1. The molecule has 2 rings (SSSR count). The van der Waals surface area contributed by atoms with Crippen LogP contribution in [0.2, 0.25) is 0 Å². The van der Waals surface area contributed by atoms with E-state index in [9.17, 15) is 8.42 Å². The Kier molecular flexibility index (Phi) is 2.20. The second-order valence-corrected chi connectivity index (χ2v) is 4.67. The van der Waals surface area contributed by atoms with Crippen LogP contribution in [0.15, 0.2) is 51.1 Å². The first-order chi connectivity index (χ1) is 7.10. The van der Waals surface area contributed by atoms with Crippen LogP contribution in [0.3, 0.4) is 0 Å². The SMILES string of the molecule is Nc1cnc(S(=O)(=O)c2ccccc2)o1. The molecular formula is C9H8N2O3S. The van der Waals surface area contributed by atoms with Crippen molar-refractivity contribution in [2.75, 3.05) is 5.73 Å². The zero-order chi connectivity index (χ0) is 10.9. The maximum Gasteiger partial charge on any atom is 0.321 e. The summed E-state index contributed by atoms with van der Waals surface area (Å²) in [6.07, 6.45) is 1.16. The molecule has 0 radical (unpaired) electrons. The van der Waals surface area contributed by atoms with Crippen LogP contribution in [-0.4, -0.2) is 13.4 Å². The molecule has 0 spiro atoms. The van der Waals surface area contributed by atoms with E-state index in [1.807, 2.05) is 0 Å². The highest BCUT2D eigenvalue weighted by atomic mass is 32.2. The summed E-state index contributed by atoms with van der Waals surface area (Å²) in [5.41, 5.74) is 5.26. The molecule has 1 aromatic carbocycles. The van der Waals surface area contributed by atoms with Gasteiger partial charge in [0.05, 0.1) is 11.1 Å². The molecular weight excluding hydrogens is 216 g/mol. The van der Waals surface area contributed by atoms with Gasteiger partial charge in [-0.2, -0.15) is 0 Å². The Labute approximate surface area is 86.5 Å². The highest BCUT2D eigenvalue weighted by molar-refractivity contribution is 7.91. The lowest BCUT2D eigenvalue weighted by atomic mass is 10.4. The van der Waals surface area contributed by atoms with E-state index in [0.717, 1.165) is 6.20 Å². The summed E-state index contributed by atoms with van der Waals surface area (Å²) in [7, 11) is -3.68. The average molecular weight is 224 g/mol. The van der Waals surface area contributed by atoms with Crippen molar-refractivity contribution < 1.29 is 12.8 Å². The van der Waals surface area contributed by atoms with Crippen molar-refractivity contribution in [3.63, 3.8) is 0 Å². The fraction of sp³-hybridized carbons (Fsp3) is 0. The van der Waals surface area contributed by atoms with Crippen LogP contribution >= 0.6 is 0 Å². The van der Waals surface area contributed by atoms with Crippen molar-refractivity contribution in [1.29, 1.82) is 0 Å². The molecule has 0 amide bonds. The van der Waals surface area contributed by atoms with Gasteiger partial charge in [-0.1, -0.05) is 18.2 Å². The molecule has 15 heavy (non-hydrogen) atoms. The molecule has 0 aliphatic heterocycles. The number of oxazole rings is 1. The fourth-order valence-corrected chi connectivity index (χ4v) is 2.21. The van der Waals surface area contributed by atoms with Crippen molar-refractivity contribution in [2.24, 2.45) is 0 Å². The van der Waals surface area contributed by atoms with Gasteiger partial charge in [-0.05, 0) is 12.1 Å². The number of nitrogens with two attached hydrogens (primary N) is 1. The van der Waals surface area contributed by atoms with Crippen LogP contribution in [0.25, 0.3) is 0 Å². The number of aromatic nitrogens is 1. The molecule has 2 N–H and O–H groups in total. The standard InChI is InChI=1S/C9H8N2O3S/c10-8-6-11-9(14-8)15(12,13)7-4-2-1-3-5-7/h1-6H,10H2. The molecule has 0 aliphatic carbocycles. The summed E-state index contributed by atoms with van der Waals surface area (Å²) in [4.78, 5) is 3.72. The third-order valence-corrected chi connectivity index (χ3v) is 3.33. The van der Waals surface area contributed by atoms with Crippen LogP contribution in [-0.2, 0) is 9.84 Å². The van der Waals surface area contributed by atoms with Crippen LogP contribution in [0, 0.1) is 0 Å². The topological polar surface area (TPSA) is 86.2 Å². The van der Waals surface area contributed by atoms with E-state index in [4.69, 9.17) is 10.2 Å². The molecule has 1 aromatic heterocycles. The first-order valence-electron chi connectivity index (χ1n) is 4.12. The molecule has 6 heteroatoms. The Hall–Kier alpha value is -1.82. The number of hydrogen-bond donors (Lipinski definition) is 1. The normalized spacial score (nSPS) is 11.5. The van der Waals surface area contributed by atoms with E-state index in [0.29, 0.717) is 0 Å². The summed E-state index contributed by atoms with van der Waals surface area (Å²) >= 11 is 0. The van der Waals surface area contributed by atoms with Crippen LogP contribution < -0.4 is 5.73 Å². The molecule has 5 nitrogen and oxygen atoms in total. The Bertz CT molecular complexity index is 560. The minimum atomic E-state index is -3.68. The Balaban J connectivity index is 2.54. The summed E-state index contributed by atoms with van der Waals surface area (Å²) in [5.74, 6) is -0.0236. The largest absolute Gasteiger partial charge is 0.412 e. The Morgan fingerprint density at radius 1 is 1.20 bits per heavy atom. The third-order valence-electron chi connectivity index (χ3n) is 1.79. The zero-order valence-electron chi connectivity index (χ0n) is 7.62. The summed E-state index contributed by atoms with van der Waals surface area (Å²) in [6.45, 7) is 0. The van der Waals surface area contributed by atoms with Gasteiger partial charge in [0.25, 0.3) is 9.84 Å². The smallest absolute Gasteiger partial charge is 0.321 e. The monoisotopic (exact) mass is 224 g/mol. The second-order valence-electron chi connectivity index (χ2n) is 2.85.